The third-order valence-electron chi connectivity index (χ3n) is 10.9. The summed E-state index contributed by atoms with van der Waals surface area (Å²) in [5.74, 6) is -0.554. The van der Waals surface area contributed by atoms with Crippen molar-refractivity contribution in [3.63, 3.8) is 0 Å². The van der Waals surface area contributed by atoms with Crippen molar-refractivity contribution in [2.75, 3.05) is 37.8 Å². The Kier molecular flexibility index (Phi) is 25.0. The van der Waals surface area contributed by atoms with Crippen LogP contribution in [-0.2, 0) is 50.7 Å². The Morgan fingerprint density at radius 1 is 0.896 bits per heavy atom. The lowest BCUT2D eigenvalue weighted by Gasteiger charge is -2.30. The van der Waals surface area contributed by atoms with Gasteiger partial charge in [-0.3, -0.25) is 32.5 Å². The third-order valence-corrected chi connectivity index (χ3v) is 14.9. The number of hydrogen-bond donors (Lipinski definition) is 9. The number of ether oxygens (including phenoxy) is 1. The molecule has 3 rings (SSSR count). The molecule has 1 aliphatic rings. The molecule has 2 amide bonds. The van der Waals surface area contributed by atoms with Crippen molar-refractivity contribution in [2.45, 2.75) is 155 Å². The number of aromatic nitrogens is 4. The molecule has 0 radical (unpaired) electrons. The molecule has 10 N–H and O–H groups in total. The fourth-order valence-electron chi connectivity index (χ4n) is 7.03. The van der Waals surface area contributed by atoms with E-state index in [1.165, 1.54) is 84.5 Å². The number of phosphoric ester groups is 3. The summed E-state index contributed by atoms with van der Waals surface area (Å²) in [6.45, 7) is 4.99. The second-order valence-electron chi connectivity index (χ2n) is 17.3. The highest BCUT2D eigenvalue weighted by molar-refractivity contribution is 8.13. The highest BCUT2D eigenvalue weighted by Gasteiger charge is 2.50. The third kappa shape index (κ3) is 21.6. The van der Waals surface area contributed by atoms with Crippen molar-refractivity contribution >= 4 is 69.1 Å². The standard InChI is InChI=1S/C39H70N7O17P3S/c1-5-6-7-8-9-10-11-12-13-14-15-16-27(2)17-18-30(48)67-22-21-41-29(47)19-20-42-37(51)34(50)39(3,4)24-60-66(57,58)63-65(55,56)59-23-28-33(62-64(52,53)54)32(49)38(61-28)46-26-45-31-35(40)43-25-44-36(31)46/h25-28,32-34,38,49-50H,5-24H2,1-4H3,(H,41,47)(H,42,51)(H,55,56)(H,57,58)(H2,40,43,44)(H2,52,53,54). The van der Waals surface area contributed by atoms with Crippen molar-refractivity contribution < 1.29 is 80.5 Å². The Hall–Kier alpha value is -2.44. The summed E-state index contributed by atoms with van der Waals surface area (Å²) in [5, 5.41) is 26.7. The number of amides is 2. The summed E-state index contributed by atoms with van der Waals surface area (Å²) in [6, 6.07) is 0. The maximum atomic E-state index is 12.7. The van der Waals surface area contributed by atoms with E-state index in [1.54, 1.807) is 0 Å². The van der Waals surface area contributed by atoms with E-state index in [0.717, 1.165) is 41.8 Å². The van der Waals surface area contributed by atoms with E-state index in [-0.39, 0.29) is 41.6 Å². The first-order valence-corrected chi connectivity index (χ1v) is 28.0. The number of nitrogens with zero attached hydrogens (tertiary/aromatic N) is 4. The molecule has 1 aliphatic heterocycles. The second kappa shape index (κ2) is 28.4. The van der Waals surface area contributed by atoms with E-state index in [0.29, 0.717) is 18.1 Å². The number of fused-ring (bicyclic) bond motifs is 1. The summed E-state index contributed by atoms with van der Waals surface area (Å²) < 4.78 is 62.5. The number of carbonyl (C=O) groups excluding carboxylic acids is 3. The molecule has 3 heterocycles. The summed E-state index contributed by atoms with van der Waals surface area (Å²) >= 11 is 1.16. The van der Waals surface area contributed by atoms with Crippen LogP contribution in [0, 0.1) is 11.3 Å². The monoisotopic (exact) mass is 1030 g/mol. The van der Waals surface area contributed by atoms with Gasteiger partial charge in [-0.05, 0) is 12.3 Å². The fraction of sp³-hybridized carbons (Fsp3) is 0.795. The summed E-state index contributed by atoms with van der Waals surface area (Å²) in [6.07, 6.45) is 9.81. The molecule has 0 aliphatic carbocycles. The van der Waals surface area contributed by atoms with Crippen LogP contribution in [0.15, 0.2) is 12.7 Å². The Balaban J connectivity index is 1.32. The second-order valence-corrected chi connectivity index (χ2v) is 22.6. The minimum absolute atomic E-state index is 0.0337. The van der Waals surface area contributed by atoms with Gasteiger partial charge in [0.15, 0.2) is 22.8 Å². The molecule has 28 heteroatoms. The molecule has 0 spiro atoms. The minimum atomic E-state index is -5.58. The zero-order chi connectivity index (χ0) is 49.8. The number of nitrogens with two attached hydrogens (primary N) is 1. The van der Waals surface area contributed by atoms with Crippen LogP contribution >= 0.6 is 35.2 Å². The molecule has 0 saturated carbocycles. The molecule has 384 valence electrons. The average molecular weight is 1030 g/mol. The number of aliphatic hydroxyl groups excluding tert-OH is 2. The molecule has 1 fully saturated rings. The van der Waals surface area contributed by atoms with Gasteiger partial charge in [-0.1, -0.05) is 117 Å². The number of nitrogens with one attached hydrogen (secondary N) is 2. The molecule has 24 nitrogen and oxygen atoms in total. The zero-order valence-electron chi connectivity index (χ0n) is 38.6. The van der Waals surface area contributed by atoms with E-state index < -0.39 is 84.6 Å². The van der Waals surface area contributed by atoms with Crippen LogP contribution in [0.25, 0.3) is 11.2 Å². The molecule has 0 bridgehead atoms. The van der Waals surface area contributed by atoms with Crippen molar-refractivity contribution in [2.24, 2.45) is 11.3 Å². The first-order valence-electron chi connectivity index (χ1n) is 22.5. The van der Waals surface area contributed by atoms with Gasteiger partial charge in [-0.25, -0.2) is 28.6 Å². The predicted molar refractivity (Wildman–Crippen MR) is 247 cm³/mol. The Morgan fingerprint density at radius 3 is 2.16 bits per heavy atom. The number of unbranched alkanes of at least 4 members (excludes halogenated alkanes) is 10. The van der Waals surface area contributed by atoms with E-state index in [9.17, 15) is 57.9 Å². The first kappa shape index (κ1) is 58.9. The number of thioether (sulfide) groups is 1. The lowest BCUT2D eigenvalue weighted by Crippen LogP contribution is -2.46. The smallest absolute Gasteiger partial charge is 0.386 e. The molecule has 1 saturated heterocycles. The number of imidazole rings is 1. The number of aliphatic hydroxyl groups is 2. The van der Waals surface area contributed by atoms with Gasteiger partial charge in [-0.15, -0.1) is 0 Å². The van der Waals surface area contributed by atoms with E-state index in [1.807, 2.05) is 0 Å². The zero-order valence-corrected chi connectivity index (χ0v) is 42.1. The molecule has 2 aromatic rings. The number of hydrogen-bond acceptors (Lipinski definition) is 18. The van der Waals surface area contributed by atoms with Crippen molar-refractivity contribution in [1.29, 1.82) is 0 Å². The number of rotatable bonds is 34. The largest absolute Gasteiger partial charge is 0.481 e. The van der Waals surface area contributed by atoms with Gasteiger partial charge in [0.25, 0.3) is 0 Å². The topological polar surface area (TPSA) is 364 Å². The van der Waals surface area contributed by atoms with Gasteiger partial charge in [0, 0.05) is 37.1 Å². The van der Waals surface area contributed by atoms with Crippen molar-refractivity contribution in [3.8, 4) is 0 Å². The fourth-order valence-corrected chi connectivity index (χ4v) is 10.6. The quantitative estimate of drug-likeness (QED) is 0.0336. The minimum Gasteiger partial charge on any atom is -0.386 e. The highest BCUT2D eigenvalue weighted by Crippen LogP contribution is 2.61. The van der Waals surface area contributed by atoms with E-state index in [4.69, 9.17) is 19.5 Å². The van der Waals surface area contributed by atoms with E-state index >= 15 is 0 Å². The van der Waals surface area contributed by atoms with Gasteiger partial charge in [0.2, 0.25) is 11.8 Å². The van der Waals surface area contributed by atoms with Gasteiger partial charge in [-0.2, -0.15) is 4.31 Å². The molecular weight excluding hydrogens is 963 g/mol. The predicted octanol–water partition coefficient (Wildman–Crippen LogP) is 4.78. The molecule has 0 aromatic carbocycles. The Labute approximate surface area is 395 Å². The van der Waals surface area contributed by atoms with Crippen LogP contribution in [0.4, 0.5) is 5.82 Å². The van der Waals surface area contributed by atoms with Gasteiger partial charge < -0.3 is 50.9 Å². The maximum Gasteiger partial charge on any atom is 0.481 e. The lowest BCUT2D eigenvalue weighted by molar-refractivity contribution is -0.137. The lowest BCUT2D eigenvalue weighted by atomic mass is 9.87. The first-order chi connectivity index (χ1) is 31.4. The molecule has 2 aromatic heterocycles. The number of carbonyl (C=O) groups is 3. The summed E-state index contributed by atoms with van der Waals surface area (Å²) in [7, 11) is -16.4. The maximum absolute atomic E-state index is 12.7. The molecule has 8 atom stereocenters. The SMILES string of the molecule is CCCCCCCCCCCCCC(C)CCC(=O)SCCNC(=O)CCNC(=O)C(O)C(C)(C)COP(=O)(O)OP(=O)(O)OCC1OC(n2cnc3c(N)ncnc32)C(O)C1OP(=O)(O)O. The van der Waals surface area contributed by atoms with Gasteiger partial charge in [0.1, 0.15) is 36.3 Å². The van der Waals surface area contributed by atoms with Crippen LogP contribution in [0.3, 0.4) is 0 Å². The Bertz CT molecular complexity index is 2010. The molecular formula is C39H70N7O17P3S. The van der Waals surface area contributed by atoms with Crippen LogP contribution in [-0.4, -0.2) is 123 Å². The van der Waals surface area contributed by atoms with Crippen molar-refractivity contribution in [3.05, 3.63) is 12.7 Å². The normalized spacial score (nSPS) is 20.6. The van der Waals surface area contributed by atoms with Crippen LogP contribution < -0.4 is 16.4 Å². The molecule has 67 heavy (non-hydrogen) atoms. The number of phosphoric acid groups is 3. The highest BCUT2D eigenvalue weighted by atomic mass is 32.2. The van der Waals surface area contributed by atoms with Crippen LogP contribution in [0.5, 0.6) is 0 Å². The average Bonchev–Trinajstić information content (AvgIpc) is 3.81. The summed E-state index contributed by atoms with van der Waals surface area (Å²) in [5.41, 5.74) is 4.29. The van der Waals surface area contributed by atoms with Gasteiger partial charge in [0.05, 0.1) is 19.5 Å². The van der Waals surface area contributed by atoms with E-state index in [2.05, 4.69) is 48.3 Å². The van der Waals surface area contributed by atoms with Crippen molar-refractivity contribution in [1.82, 2.24) is 30.2 Å². The number of anilines is 1. The van der Waals surface area contributed by atoms with Gasteiger partial charge >= 0.3 is 23.5 Å². The molecule has 8 unspecified atom stereocenters. The summed E-state index contributed by atoms with van der Waals surface area (Å²) in [4.78, 5) is 88.6. The van der Waals surface area contributed by atoms with Crippen LogP contribution in [0.2, 0.25) is 0 Å². The number of nitrogen functional groups attached to an aromatic ring is 1. The van der Waals surface area contributed by atoms with Crippen LogP contribution in [0.1, 0.15) is 130 Å². The Morgan fingerprint density at radius 2 is 1.52 bits per heavy atom.